The molecule has 2 bridgehead atoms. The molecule has 5 aromatic rings. The molecule has 6 unspecified atom stereocenters. The van der Waals surface area contributed by atoms with Crippen molar-refractivity contribution in [3.05, 3.63) is 199 Å². The zero-order valence-corrected chi connectivity index (χ0v) is 33.3. The second-order valence-electron chi connectivity index (χ2n) is 20.5. The van der Waals surface area contributed by atoms with E-state index in [2.05, 4.69) is 177 Å². The molecule has 14 rings (SSSR count). The van der Waals surface area contributed by atoms with E-state index >= 15 is 0 Å². The monoisotopic (exact) mass is 712 g/mol. The number of fused-ring (bicyclic) bond motifs is 26. The van der Waals surface area contributed by atoms with Crippen LogP contribution in [0.2, 0.25) is 0 Å². The van der Waals surface area contributed by atoms with E-state index in [0.717, 1.165) is 0 Å². The predicted molar refractivity (Wildman–Crippen MR) is 219 cm³/mol. The molecule has 270 valence electrons. The Kier molecular flexibility index (Phi) is 4.64. The SMILES string of the molecule is CC12c3ccccc3[C@@]3(C)c4cc5c(cc4[C@@](C)(c4ccccc41)C23C)[C@@H]1O[C@H]5C2C=C3C(=CC21)[C@]1(C)c2ccccc2C2(C)c4ccccc4[C@@]3(C)C21C. The molecule has 1 nitrogen and oxygen atoms in total. The Morgan fingerprint density at radius 3 is 0.909 bits per heavy atom. The van der Waals surface area contributed by atoms with Crippen molar-refractivity contribution in [3.63, 3.8) is 0 Å². The van der Waals surface area contributed by atoms with Gasteiger partial charge in [0, 0.05) is 55.2 Å². The maximum absolute atomic E-state index is 7.33. The molecule has 0 N–H and O–H groups in total. The van der Waals surface area contributed by atoms with E-state index < -0.39 is 0 Å². The Morgan fingerprint density at radius 1 is 0.345 bits per heavy atom. The van der Waals surface area contributed by atoms with Crippen LogP contribution in [0.25, 0.3) is 0 Å². The normalized spacial score (nSPS) is 45.1. The third kappa shape index (κ3) is 2.37. The topological polar surface area (TPSA) is 9.23 Å². The van der Waals surface area contributed by atoms with Gasteiger partial charge in [-0.1, -0.05) is 177 Å². The average Bonchev–Trinajstić information content (AvgIpc) is 3.99. The molecular formula is C54H48O. The molecule has 5 aromatic carbocycles. The zero-order valence-electron chi connectivity index (χ0n) is 33.3. The van der Waals surface area contributed by atoms with E-state index in [9.17, 15) is 0 Å². The molecule has 55 heavy (non-hydrogen) atoms. The molecule has 1 heteroatoms. The predicted octanol–water partition coefficient (Wildman–Crippen LogP) is 11.7. The minimum absolute atomic E-state index is 0.0450. The highest BCUT2D eigenvalue weighted by atomic mass is 16.5. The summed E-state index contributed by atoms with van der Waals surface area (Å²) < 4.78 is 7.33. The lowest BCUT2D eigenvalue weighted by molar-refractivity contribution is 0.0594. The maximum Gasteiger partial charge on any atom is 0.0906 e. The summed E-state index contributed by atoms with van der Waals surface area (Å²) >= 11 is 0. The number of rotatable bonds is 0. The zero-order chi connectivity index (χ0) is 37.2. The van der Waals surface area contributed by atoms with Gasteiger partial charge in [0.25, 0.3) is 0 Å². The lowest BCUT2D eigenvalue weighted by Gasteiger charge is -2.49. The molecular weight excluding hydrogens is 665 g/mol. The van der Waals surface area contributed by atoms with Gasteiger partial charge in [0.2, 0.25) is 0 Å². The number of hydrogen-bond donors (Lipinski definition) is 0. The van der Waals surface area contributed by atoms with Crippen LogP contribution in [-0.4, -0.2) is 0 Å². The summed E-state index contributed by atoms with van der Waals surface area (Å²) in [4.78, 5) is 0. The second kappa shape index (κ2) is 8.31. The molecule has 2 aliphatic heterocycles. The van der Waals surface area contributed by atoms with Crippen LogP contribution in [0.1, 0.15) is 134 Å². The minimum Gasteiger partial charge on any atom is -0.364 e. The first-order valence-electron chi connectivity index (χ1n) is 21.0. The smallest absolute Gasteiger partial charge is 0.0906 e. The van der Waals surface area contributed by atoms with Gasteiger partial charge >= 0.3 is 0 Å². The first kappa shape index (κ1) is 30.7. The summed E-state index contributed by atoms with van der Waals surface area (Å²) in [7, 11) is 0. The molecule has 1 saturated heterocycles. The largest absolute Gasteiger partial charge is 0.364 e. The van der Waals surface area contributed by atoms with Gasteiger partial charge in [0.05, 0.1) is 12.2 Å². The Morgan fingerprint density at radius 2 is 0.600 bits per heavy atom. The van der Waals surface area contributed by atoms with Crippen LogP contribution < -0.4 is 0 Å². The molecule has 0 aromatic heterocycles. The van der Waals surface area contributed by atoms with Gasteiger partial charge in [0.1, 0.15) is 0 Å². The lowest BCUT2D eigenvalue weighted by atomic mass is 9.52. The van der Waals surface area contributed by atoms with Crippen LogP contribution >= 0.6 is 0 Å². The van der Waals surface area contributed by atoms with Gasteiger partial charge < -0.3 is 4.74 Å². The fourth-order valence-corrected chi connectivity index (χ4v) is 17.6. The fraction of sp³-hybridized carbons (Fsp3) is 0.370. The highest BCUT2D eigenvalue weighted by molar-refractivity contribution is 5.80. The van der Waals surface area contributed by atoms with E-state index in [-0.39, 0.29) is 55.5 Å². The van der Waals surface area contributed by atoms with Crippen molar-refractivity contribution in [3.8, 4) is 0 Å². The standard InChI is InChI=1S/C54H48O/c1-47-33-17-9-13-21-37(33)49(3)41-25-29-30(26-42(41)50(4,53(47,49)7)38-22-14-10-18-34(38)47)46-32-28-44-43(27-31(32)45(29)55-46)51(5)39-23-15-11-19-35(39)48(2)36-20-12-16-24-40(36)52(44,6)54(48,51)8/h9-30,45-46H,1-8H3/t29?,30?,45-,46+,47?,48?,49+,50-,51-,52+,53?,54?. The molecule has 9 aliphatic rings. The molecule has 12 atom stereocenters. The Bertz CT molecular complexity index is 2640. The van der Waals surface area contributed by atoms with Crippen LogP contribution in [0.4, 0.5) is 0 Å². The summed E-state index contributed by atoms with van der Waals surface area (Å²) in [6.07, 6.45) is 5.66. The molecule has 2 fully saturated rings. The fourth-order valence-electron chi connectivity index (χ4n) is 17.6. The lowest BCUT2D eigenvalue weighted by Crippen LogP contribution is -2.51. The summed E-state index contributed by atoms with van der Waals surface area (Å²) in [6, 6.07) is 43.2. The molecule has 0 spiro atoms. The van der Waals surface area contributed by atoms with Gasteiger partial charge in [0.15, 0.2) is 0 Å². The van der Waals surface area contributed by atoms with Gasteiger partial charge in [-0.15, -0.1) is 0 Å². The highest BCUT2D eigenvalue weighted by Crippen LogP contribution is 2.86. The number of benzene rings is 5. The van der Waals surface area contributed by atoms with Crippen molar-refractivity contribution in [1.82, 2.24) is 0 Å². The van der Waals surface area contributed by atoms with Crippen molar-refractivity contribution < 1.29 is 4.74 Å². The molecule has 2 heterocycles. The summed E-state index contributed by atoms with van der Waals surface area (Å²) in [6.45, 7) is 20.9. The maximum atomic E-state index is 7.33. The van der Waals surface area contributed by atoms with E-state index in [1.165, 1.54) is 66.8 Å². The molecule has 7 aliphatic carbocycles. The quantitative estimate of drug-likeness (QED) is 0.155. The summed E-state index contributed by atoms with van der Waals surface area (Å²) in [5.41, 5.74) is 20.5. The third-order valence-corrected chi connectivity index (χ3v) is 20.5. The Hall–Kier alpha value is -4.46. The van der Waals surface area contributed by atoms with E-state index in [1.54, 1.807) is 11.1 Å². The number of ether oxygens (including phenoxy) is 1. The van der Waals surface area contributed by atoms with E-state index in [4.69, 9.17) is 4.74 Å². The van der Waals surface area contributed by atoms with Crippen molar-refractivity contribution in [2.24, 2.45) is 22.7 Å². The number of allylic oxidation sites excluding steroid dienone is 2. The molecule has 0 radical (unpaired) electrons. The van der Waals surface area contributed by atoms with Crippen LogP contribution in [0, 0.1) is 22.7 Å². The van der Waals surface area contributed by atoms with Crippen LogP contribution in [0.15, 0.2) is 132 Å². The van der Waals surface area contributed by atoms with Crippen molar-refractivity contribution in [2.75, 3.05) is 0 Å². The van der Waals surface area contributed by atoms with Gasteiger partial charge in [-0.25, -0.2) is 0 Å². The second-order valence-corrected chi connectivity index (χ2v) is 20.5. The Labute approximate surface area is 325 Å². The third-order valence-electron chi connectivity index (χ3n) is 20.5. The van der Waals surface area contributed by atoms with Crippen LogP contribution in [0.5, 0.6) is 0 Å². The molecule has 1 saturated carbocycles. The Balaban J connectivity index is 1.01. The van der Waals surface area contributed by atoms with E-state index in [1.807, 2.05) is 0 Å². The number of hydrogen-bond acceptors (Lipinski definition) is 1. The first-order chi connectivity index (χ1) is 26.3. The van der Waals surface area contributed by atoms with Gasteiger partial charge in [-0.3, -0.25) is 0 Å². The minimum atomic E-state index is -0.138. The first-order valence-corrected chi connectivity index (χ1v) is 21.0. The van der Waals surface area contributed by atoms with Crippen LogP contribution in [-0.2, 0) is 37.2 Å². The highest BCUT2D eigenvalue weighted by Gasteiger charge is 2.82. The van der Waals surface area contributed by atoms with Crippen molar-refractivity contribution in [2.45, 2.75) is 100 Å². The van der Waals surface area contributed by atoms with E-state index in [0.29, 0.717) is 11.8 Å². The summed E-state index contributed by atoms with van der Waals surface area (Å²) in [5.74, 6) is 0.654. The van der Waals surface area contributed by atoms with Crippen LogP contribution in [0.3, 0.4) is 0 Å². The van der Waals surface area contributed by atoms with Gasteiger partial charge in [-0.2, -0.15) is 0 Å². The van der Waals surface area contributed by atoms with Gasteiger partial charge in [-0.05, 0) is 77.9 Å². The van der Waals surface area contributed by atoms with Crippen molar-refractivity contribution in [1.29, 1.82) is 0 Å². The van der Waals surface area contributed by atoms with Crippen molar-refractivity contribution >= 4 is 0 Å². The average molecular weight is 713 g/mol. The summed E-state index contributed by atoms with van der Waals surface area (Å²) in [5, 5.41) is 0. The molecule has 0 amide bonds.